The topological polar surface area (TPSA) is 38.7 Å². The van der Waals surface area contributed by atoms with Gasteiger partial charge in [0.05, 0.1) is 13.0 Å². The molecule has 0 aromatic heterocycles. The highest BCUT2D eigenvalue weighted by Gasteiger charge is 2.31. The Balaban J connectivity index is 2.01. The molecule has 1 saturated carbocycles. The molecule has 1 fully saturated rings. The Morgan fingerprint density at radius 1 is 1.37 bits per heavy atom. The molecule has 0 aromatic rings. The summed E-state index contributed by atoms with van der Waals surface area (Å²) in [5.41, 5.74) is -1.02. The summed E-state index contributed by atoms with van der Waals surface area (Å²) in [6.07, 6.45) is 2.62. The third-order valence-electron chi connectivity index (χ3n) is 3.07. The van der Waals surface area contributed by atoms with E-state index >= 15 is 0 Å². The van der Waals surface area contributed by atoms with E-state index in [4.69, 9.17) is 11.3 Å². The predicted octanol–water partition coefficient (Wildman–Crippen LogP) is 3.09. The van der Waals surface area contributed by atoms with Crippen LogP contribution in [0.15, 0.2) is 0 Å². The maximum atomic E-state index is 11.8. The molecule has 7 heteroatoms. The van der Waals surface area contributed by atoms with Crippen LogP contribution in [-0.2, 0) is 9.22 Å². The lowest BCUT2D eigenvalue weighted by molar-refractivity contribution is -0.205. The fourth-order valence-electron chi connectivity index (χ4n) is 1.82. The summed E-state index contributed by atoms with van der Waals surface area (Å²) in [4.78, 5) is 4.85. The van der Waals surface area contributed by atoms with Gasteiger partial charge in [0.1, 0.15) is 5.60 Å². The average Bonchev–Trinajstić information content (AvgIpc) is 2.35. The number of hydrogen-bond donors (Lipinski definition) is 1. The van der Waals surface area contributed by atoms with E-state index in [9.17, 15) is 18.3 Å². The van der Waals surface area contributed by atoms with Crippen LogP contribution in [0.4, 0.5) is 13.2 Å². The molecule has 1 N–H and O–H groups in total. The van der Waals surface area contributed by atoms with Crippen molar-refractivity contribution in [3.8, 4) is 12.3 Å². The van der Waals surface area contributed by atoms with Gasteiger partial charge in [0, 0.05) is 17.8 Å². The van der Waals surface area contributed by atoms with E-state index in [0.717, 1.165) is 12.8 Å². The minimum absolute atomic E-state index is 0.189. The molecule has 0 saturated heterocycles. The first-order valence-corrected chi connectivity index (χ1v) is 6.94. The standard InChI is InChI=1S/C12H17F3O3S/c1-2-11(16)5-3-10(4-6-11)9-17-18-19-8-7-12(13,14)15/h1,10,16H,3-9H2. The third-order valence-corrected chi connectivity index (χ3v) is 3.63. The van der Waals surface area contributed by atoms with Crippen LogP contribution in [0, 0.1) is 18.3 Å². The van der Waals surface area contributed by atoms with Gasteiger partial charge in [0.2, 0.25) is 0 Å². The van der Waals surface area contributed by atoms with Gasteiger partial charge in [-0.15, -0.1) is 6.42 Å². The number of terminal acetylenes is 1. The lowest BCUT2D eigenvalue weighted by Gasteiger charge is -2.31. The molecule has 0 spiro atoms. The molecule has 1 aliphatic carbocycles. The molecule has 0 aliphatic heterocycles. The van der Waals surface area contributed by atoms with Crippen LogP contribution < -0.4 is 0 Å². The molecule has 110 valence electrons. The van der Waals surface area contributed by atoms with Crippen LogP contribution in [0.2, 0.25) is 0 Å². The SMILES string of the molecule is C#CC1(O)CCC(COOSCCC(F)(F)F)CC1. The van der Waals surface area contributed by atoms with Gasteiger partial charge in [-0.25, -0.2) is 4.89 Å². The summed E-state index contributed by atoms with van der Waals surface area (Å²) in [6, 6.07) is 0. The highest BCUT2D eigenvalue weighted by molar-refractivity contribution is 7.94. The molecule has 0 radical (unpaired) electrons. The predicted molar refractivity (Wildman–Crippen MR) is 65.9 cm³/mol. The first-order valence-electron chi connectivity index (χ1n) is 6.03. The quantitative estimate of drug-likeness (QED) is 0.269. The average molecular weight is 298 g/mol. The van der Waals surface area contributed by atoms with Gasteiger partial charge in [-0.05, 0) is 31.6 Å². The molecule has 1 aliphatic rings. The van der Waals surface area contributed by atoms with Gasteiger partial charge in [-0.1, -0.05) is 5.92 Å². The Morgan fingerprint density at radius 3 is 2.53 bits per heavy atom. The van der Waals surface area contributed by atoms with Crippen molar-refractivity contribution < 1.29 is 27.5 Å². The van der Waals surface area contributed by atoms with Gasteiger partial charge >= 0.3 is 6.18 Å². The molecule has 19 heavy (non-hydrogen) atoms. The van der Waals surface area contributed by atoms with Gasteiger partial charge in [0.25, 0.3) is 0 Å². The zero-order valence-electron chi connectivity index (χ0n) is 10.4. The number of halogens is 3. The maximum absolute atomic E-state index is 11.8. The number of aliphatic hydroxyl groups is 1. The third kappa shape index (κ3) is 7.06. The molecule has 0 unspecified atom stereocenters. The van der Waals surface area contributed by atoms with Gasteiger partial charge in [-0.2, -0.15) is 17.5 Å². The van der Waals surface area contributed by atoms with Crippen LogP contribution >= 0.6 is 12.0 Å². The highest BCUT2D eigenvalue weighted by atomic mass is 32.2. The Kier molecular flexibility index (Phi) is 6.47. The van der Waals surface area contributed by atoms with Gasteiger partial charge in [0.15, 0.2) is 0 Å². The second kappa shape index (κ2) is 7.39. The van der Waals surface area contributed by atoms with Crippen molar-refractivity contribution >= 4 is 12.0 Å². The van der Waals surface area contributed by atoms with Crippen molar-refractivity contribution in [1.29, 1.82) is 0 Å². The molecule has 0 atom stereocenters. The summed E-state index contributed by atoms with van der Waals surface area (Å²) in [7, 11) is 0. The summed E-state index contributed by atoms with van der Waals surface area (Å²) in [6.45, 7) is 0.305. The van der Waals surface area contributed by atoms with Gasteiger partial charge in [-0.3, -0.25) is 0 Å². The smallest absolute Gasteiger partial charge is 0.378 e. The zero-order chi connectivity index (χ0) is 14.4. The Morgan fingerprint density at radius 2 is 2.00 bits per heavy atom. The fourth-order valence-corrected chi connectivity index (χ4v) is 2.32. The van der Waals surface area contributed by atoms with Crippen LogP contribution in [0.25, 0.3) is 0 Å². The summed E-state index contributed by atoms with van der Waals surface area (Å²) in [5, 5.41) is 9.80. The monoisotopic (exact) mass is 298 g/mol. The second-order valence-corrected chi connectivity index (χ2v) is 5.44. The molecule has 3 nitrogen and oxygen atoms in total. The van der Waals surface area contributed by atoms with E-state index in [2.05, 4.69) is 10.3 Å². The molecule has 0 amide bonds. The van der Waals surface area contributed by atoms with Crippen molar-refractivity contribution in [3.63, 3.8) is 0 Å². The van der Waals surface area contributed by atoms with Crippen molar-refractivity contribution in [2.24, 2.45) is 5.92 Å². The van der Waals surface area contributed by atoms with E-state index in [1.54, 1.807) is 0 Å². The van der Waals surface area contributed by atoms with E-state index in [1.165, 1.54) is 0 Å². The number of alkyl halides is 3. The Hall–Kier alpha value is -0.420. The van der Waals surface area contributed by atoms with Gasteiger partial charge < -0.3 is 5.11 Å². The minimum Gasteiger partial charge on any atom is -0.378 e. The lowest BCUT2D eigenvalue weighted by Crippen LogP contribution is -2.33. The molecule has 1 rings (SSSR count). The normalized spacial score (nSPS) is 28.1. The summed E-state index contributed by atoms with van der Waals surface area (Å²) >= 11 is 0.649. The van der Waals surface area contributed by atoms with E-state index in [0.29, 0.717) is 31.5 Å². The minimum atomic E-state index is -4.17. The highest BCUT2D eigenvalue weighted by Crippen LogP contribution is 2.32. The zero-order valence-corrected chi connectivity index (χ0v) is 11.2. The Labute approximate surface area is 115 Å². The molecule has 0 heterocycles. The van der Waals surface area contributed by atoms with E-state index in [-0.39, 0.29) is 11.7 Å². The molecule has 0 bridgehead atoms. The van der Waals surface area contributed by atoms with E-state index < -0.39 is 18.2 Å². The summed E-state index contributed by atoms with van der Waals surface area (Å²) in [5.74, 6) is 2.40. The van der Waals surface area contributed by atoms with Crippen molar-refractivity contribution in [2.75, 3.05) is 12.4 Å². The fraction of sp³-hybridized carbons (Fsp3) is 0.833. The van der Waals surface area contributed by atoms with Crippen LogP contribution in [0.5, 0.6) is 0 Å². The first kappa shape index (κ1) is 16.6. The largest absolute Gasteiger partial charge is 0.389 e. The first-order chi connectivity index (χ1) is 8.85. The van der Waals surface area contributed by atoms with Crippen molar-refractivity contribution in [1.82, 2.24) is 0 Å². The molecular weight excluding hydrogens is 281 g/mol. The van der Waals surface area contributed by atoms with Crippen molar-refractivity contribution in [3.05, 3.63) is 0 Å². The lowest BCUT2D eigenvalue weighted by atomic mass is 9.80. The van der Waals surface area contributed by atoms with Crippen molar-refractivity contribution in [2.45, 2.75) is 43.9 Å². The molecule has 0 aromatic carbocycles. The maximum Gasteiger partial charge on any atom is 0.389 e. The number of hydrogen-bond acceptors (Lipinski definition) is 4. The Bertz CT molecular complexity index is 306. The summed E-state index contributed by atoms with van der Waals surface area (Å²) < 4.78 is 40.1. The van der Waals surface area contributed by atoms with Crippen LogP contribution in [0.3, 0.4) is 0 Å². The second-order valence-electron chi connectivity index (χ2n) is 4.66. The van der Waals surface area contributed by atoms with E-state index in [1.807, 2.05) is 0 Å². The van der Waals surface area contributed by atoms with Crippen LogP contribution in [-0.4, -0.2) is 29.2 Å². The van der Waals surface area contributed by atoms with Crippen LogP contribution in [0.1, 0.15) is 32.1 Å². The molecular formula is C12H17F3O3S. The number of rotatable bonds is 6.